The van der Waals surface area contributed by atoms with Gasteiger partial charge in [0.05, 0.1) is 6.10 Å². The van der Waals surface area contributed by atoms with E-state index in [1.807, 2.05) is 0 Å². The van der Waals surface area contributed by atoms with Crippen molar-refractivity contribution in [3.8, 4) is 0 Å². The Bertz CT molecular complexity index is 386. The minimum absolute atomic E-state index is 0.212. The van der Waals surface area contributed by atoms with Crippen LogP contribution in [0.5, 0.6) is 0 Å². The molecular weight excluding hydrogens is 399 g/mol. The lowest BCUT2D eigenvalue weighted by molar-refractivity contribution is -0.261. The van der Waals surface area contributed by atoms with Crippen LogP contribution < -0.4 is 0 Å². The summed E-state index contributed by atoms with van der Waals surface area (Å²) in [5, 5.41) is 0. The van der Waals surface area contributed by atoms with Gasteiger partial charge in [-0.1, -0.05) is 136 Å². The minimum atomic E-state index is -4.56. The zero-order chi connectivity index (χ0) is 22.3. The lowest BCUT2D eigenvalue weighted by Gasteiger charge is -2.16. The molecule has 0 radical (unpaired) electrons. The van der Waals surface area contributed by atoms with Gasteiger partial charge in [0.1, 0.15) is 0 Å². The van der Waals surface area contributed by atoms with Crippen LogP contribution in [0.25, 0.3) is 0 Å². The second-order valence-corrected chi connectivity index (χ2v) is 10.0. The molecule has 0 aromatic heterocycles. The number of phosphoric acid groups is 1. The molecule has 0 aliphatic carbocycles. The molecular formula is C24H51O5P. The van der Waals surface area contributed by atoms with Gasteiger partial charge in [-0.25, -0.2) is 9.45 Å². The lowest BCUT2D eigenvalue weighted by atomic mass is 10.0. The van der Waals surface area contributed by atoms with E-state index < -0.39 is 7.82 Å². The highest BCUT2D eigenvalue weighted by atomic mass is 31.2. The normalized spacial score (nSPS) is 13.1. The smallest absolute Gasteiger partial charge is 0.301 e. The van der Waals surface area contributed by atoms with Crippen LogP contribution in [0.2, 0.25) is 0 Å². The molecule has 0 rings (SSSR count). The van der Waals surface area contributed by atoms with Crippen molar-refractivity contribution in [1.29, 1.82) is 0 Å². The first-order valence-electron chi connectivity index (χ1n) is 12.9. The van der Waals surface area contributed by atoms with Crippen molar-refractivity contribution in [2.45, 2.75) is 155 Å². The van der Waals surface area contributed by atoms with E-state index in [-0.39, 0.29) is 6.10 Å². The Morgan fingerprint density at radius 1 is 0.567 bits per heavy atom. The molecule has 1 atom stereocenters. The average Bonchev–Trinajstić information content (AvgIpc) is 2.70. The molecule has 0 aromatic rings. The van der Waals surface area contributed by atoms with Gasteiger partial charge in [0.2, 0.25) is 0 Å². The van der Waals surface area contributed by atoms with Crippen molar-refractivity contribution in [1.82, 2.24) is 0 Å². The fraction of sp³-hybridized carbons (Fsp3) is 1.00. The van der Waals surface area contributed by atoms with Crippen LogP contribution in [-0.2, 0) is 14.1 Å². The summed E-state index contributed by atoms with van der Waals surface area (Å²) < 4.78 is 15.2. The third-order valence-corrected chi connectivity index (χ3v) is 6.07. The molecule has 0 aromatic carbocycles. The molecule has 0 spiro atoms. The van der Waals surface area contributed by atoms with Crippen LogP contribution in [-0.4, -0.2) is 15.9 Å². The maximum absolute atomic E-state index is 10.9. The van der Waals surface area contributed by atoms with Crippen molar-refractivity contribution >= 4 is 7.82 Å². The first-order valence-corrected chi connectivity index (χ1v) is 14.4. The second kappa shape index (κ2) is 22.3. The molecule has 0 aliphatic heterocycles. The Balaban J connectivity index is 3.56. The molecule has 5 nitrogen and oxygen atoms in total. The number of hydrogen-bond donors (Lipinski definition) is 2. The zero-order valence-electron chi connectivity index (χ0n) is 20.0. The number of hydrogen-bond acceptors (Lipinski definition) is 3. The molecule has 0 amide bonds. The van der Waals surface area contributed by atoms with Crippen LogP contribution in [0, 0.1) is 0 Å². The van der Waals surface area contributed by atoms with Crippen LogP contribution in [0.4, 0.5) is 0 Å². The third kappa shape index (κ3) is 24.3. The summed E-state index contributed by atoms with van der Waals surface area (Å²) in [5.41, 5.74) is 0. The predicted octanol–water partition coefficient (Wildman–Crippen LogP) is 8.63. The van der Waals surface area contributed by atoms with Gasteiger partial charge in [0.15, 0.2) is 0 Å². The van der Waals surface area contributed by atoms with E-state index in [0.717, 1.165) is 38.5 Å². The molecule has 1 unspecified atom stereocenters. The summed E-state index contributed by atoms with van der Waals surface area (Å²) in [7, 11) is -4.56. The maximum Gasteiger partial charge on any atom is 0.496 e. The average molecular weight is 451 g/mol. The van der Waals surface area contributed by atoms with E-state index in [9.17, 15) is 4.57 Å². The van der Waals surface area contributed by atoms with Gasteiger partial charge in [-0.3, -0.25) is 0 Å². The van der Waals surface area contributed by atoms with Crippen molar-refractivity contribution in [2.24, 2.45) is 0 Å². The number of rotatable bonds is 24. The van der Waals surface area contributed by atoms with Gasteiger partial charge in [-0.2, -0.15) is 0 Å². The van der Waals surface area contributed by atoms with E-state index in [1.165, 1.54) is 96.3 Å². The first kappa shape index (κ1) is 30.1. The maximum atomic E-state index is 10.9. The van der Waals surface area contributed by atoms with E-state index in [2.05, 4.69) is 18.5 Å². The van der Waals surface area contributed by atoms with Gasteiger partial charge >= 0.3 is 7.82 Å². The SMILES string of the molecule is CCCCCCCCCCCCCCCCCC(CCCCCC)OOP(=O)(O)O. The summed E-state index contributed by atoms with van der Waals surface area (Å²) in [6, 6.07) is 0. The molecule has 0 saturated carbocycles. The molecule has 30 heavy (non-hydrogen) atoms. The topological polar surface area (TPSA) is 76.0 Å². The highest BCUT2D eigenvalue weighted by Gasteiger charge is 2.19. The van der Waals surface area contributed by atoms with Crippen molar-refractivity contribution < 1.29 is 23.9 Å². The summed E-state index contributed by atoms with van der Waals surface area (Å²) in [4.78, 5) is 22.7. The van der Waals surface area contributed by atoms with Crippen molar-refractivity contribution in [3.05, 3.63) is 0 Å². The Morgan fingerprint density at radius 3 is 1.20 bits per heavy atom. The predicted molar refractivity (Wildman–Crippen MR) is 126 cm³/mol. The Kier molecular flexibility index (Phi) is 22.3. The van der Waals surface area contributed by atoms with Gasteiger partial charge < -0.3 is 9.79 Å². The standard InChI is InChI=1S/C24H51O5P/c1-3-5-7-9-10-11-12-13-14-15-16-17-18-19-21-23-24(22-20-8-6-4-2)28-29-30(25,26)27/h24H,3-23H2,1-2H3,(H2,25,26,27). The Labute approximate surface area is 186 Å². The highest BCUT2D eigenvalue weighted by molar-refractivity contribution is 7.46. The summed E-state index contributed by atoms with van der Waals surface area (Å²) in [5.74, 6) is 0. The quantitative estimate of drug-likeness (QED) is 0.0666. The van der Waals surface area contributed by atoms with Crippen LogP contribution in [0.15, 0.2) is 0 Å². The highest BCUT2D eigenvalue weighted by Crippen LogP contribution is 2.37. The van der Waals surface area contributed by atoms with Gasteiger partial charge in [-0.15, -0.1) is 4.67 Å². The third-order valence-electron chi connectivity index (χ3n) is 5.79. The molecule has 0 bridgehead atoms. The van der Waals surface area contributed by atoms with E-state index in [0.29, 0.717) is 0 Å². The second-order valence-electron chi connectivity index (χ2n) is 8.87. The van der Waals surface area contributed by atoms with Gasteiger partial charge in [0, 0.05) is 0 Å². The first-order chi connectivity index (χ1) is 14.5. The number of unbranched alkanes of at least 4 members (excludes halogenated alkanes) is 17. The van der Waals surface area contributed by atoms with Gasteiger partial charge in [-0.05, 0) is 12.8 Å². The Hall–Kier alpha value is 0.0700. The fourth-order valence-corrected chi connectivity index (χ4v) is 4.13. The molecule has 0 saturated heterocycles. The van der Waals surface area contributed by atoms with Crippen LogP contribution >= 0.6 is 7.82 Å². The van der Waals surface area contributed by atoms with Crippen LogP contribution in [0.3, 0.4) is 0 Å². The van der Waals surface area contributed by atoms with Gasteiger partial charge in [0.25, 0.3) is 0 Å². The summed E-state index contributed by atoms with van der Waals surface area (Å²) in [6.45, 7) is 4.44. The minimum Gasteiger partial charge on any atom is -0.301 e. The van der Waals surface area contributed by atoms with Crippen molar-refractivity contribution in [2.75, 3.05) is 0 Å². The molecule has 6 heteroatoms. The summed E-state index contributed by atoms with van der Waals surface area (Å²) >= 11 is 0. The lowest BCUT2D eigenvalue weighted by Crippen LogP contribution is -2.13. The fourth-order valence-electron chi connectivity index (χ4n) is 3.90. The molecule has 2 N–H and O–H groups in total. The summed E-state index contributed by atoms with van der Waals surface area (Å²) in [6.07, 6.45) is 25.9. The van der Waals surface area contributed by atoms with E-state index in [1.54, 1.807) is 0 Å². The van der Waals surface area contributed by atoms with E-state index in [4.69, 9.17) is 14.7 Å². The molecule has 182 valence electrons. The molecule has 0 fully saturated rings. The monoisotopic (exact) mass is 450 g/mol. The van der Waals surface area contributed by atoms with Crippen molar-refractivity contribution in [3.63, 3.8) is 0 Å². The zero-order valence-corrected chi connectivity index (χ0v) is 20.9. The van der Waals surface area contributed by atoms with Crippen LogP contribution in [0.1, 0.15) is 149 Å². The largest absolute Gasteiger partial charge is 0.496 e. The molecule has 0 aliphatic rings. The Morgan fingerprint density at radius 2 is 0.867 bits per heavy atom. The molecule has 0 heterocycles. The van der Waals surface area contributed by atoms with E-state index >= 15 is 0 Å².